The van der Waals surface area contributed by atoms with Crippen molar-refractivity contribution in [1.82, 2.24) is 15.1 Å². The minimum atomic E-state index is 0.0129. The molecule has 0 atom stereocenters. The van der Waals surface area contributed by atoms with Crippen molar-refractivity contribution in [2.75, 3.05) is 18.4 Å². The number of hydrogen-bond acceptors (Lipinski definition) is 3. The van der Waals surface area contributed by atoms with Crippen molar-refractivity contribution in [3.05, 3.63) is 12.4 Å². The Hall–Kier alpha value is -1.36. The number of carbonyl (C=O) groups excluding carboxylic acids is 1. The van der Waals surface area contributed by atoms with Crippen LogP contribution in [0.5, 0.6) is 0 Å². The van der Waals surface area contributed by atoms with Crippen molar-refractivity contribution in [2.45, 2.75) is 13.3 Å². The molecule has 1 rings (SSSR count). The molecular formula is C9H16N4O. The lowest BCUT2D eigenvalue weighted by Crippen LogP contribution is -2.21. The van der Waals surface area contributed by atoms with Crippen molar-refractivity contribution >= 4 is 11.6 Å². The van der Waals surface area contributed by atoms with Crippen LogP contribution in [-0.4, -0.2) is 28.8 Å². The Morgan fingerprint density at radius 1 is 1.64 bits per heavy atom. The van der Waals surface area contributed by atoms with E-state index in [-0.39, 0.29) is 5.91 Å². The van der Waals surface area contributed by atoms with Crippen molar-refractivity contribution < 1.29 is 4.79 Å². The van der Waals surface area contributed by atoms with Crippen molar-refractivity contribution in [1.29, 1.82) is 0 Å². The van der Waals surface area contributed by atoms with E-state index >= 15 is 0 Å². The third kappa shape index (κ3) is 3.57. The first-order valence-corrected chi connectivity index (χ1v) is 4.71. The first-order chi connectivity index (χ1) is 6.72. The quantitative estimate of drug-likeness (QED) is 0.668. The highest BCUT2D eigenvalue weighted by molar-refractivity contribution is 5.90. The molecule has 1 amide bonds. The Bertz CT molecular complexity index is 295. The van der Waals surface area contributed by atoms with E-state index in [9.17, 15) is 4.79 Å². The molecule has 14 heavy (non-hydrogen) atoms. The zero-order valence-corrected chi connectivity index (χ0v) is 8.58. The molecule has 0 saturated heterocycles. The number of hydrogen-bond donors (Lipinski definition) is 2. The third-order valence-corrected chi connectivity index (χ3v) is 1.77. The highest BCUT2D eigenvalue weighted by Gasteiger charge is 2.02. The van der Waals surface area contributed by atoms with Crippen molar-refractivity contribution in [3.8, 4) is 0 Å². The first-order valence-electron chi connectivity index (χ1n) is 4.71. The van der Waals surface area contributed by atoms with Crippen LogP contribution in [0.4, 0.5) is 5.69 Å². The monoisotopic (exact) mass is 196 g/mol. The van der Waals surface area contributed by atoms with E-state index in [0.717, 1.165) is 12.2 Å². The second kappa shape index (κ2) is 5.39. The molecule has 0 spiro atoms. The Balaban J connectivity index is 2.27. The fourth-order valence-corrected chi connectivity index (χ4v) is 1.09. The molecule has 0 aliphatic rings. The van der Waals surface area contributed by atoms with Gasteiger partial charge in [0.1, 0.15) is 0 Å². The molecule has 0 bridgehead atoms. The highest BCUT2D eigenvalue weighted by Crippen LogP contribution is 2.03. The number of anilines is 1. The van der Waals surface area contributed by atoms with Gasteiger partial charge in [-0.3, -0.25) is 9.48 Å². The molecule has 0 aliphatic carbocycles. The van der Waals surface area contributed by atoms with Gasteiger partial charge in [0.05, 0.1) is 11.9 Å². The van der Waals surface area contributed by atoms with E-state index in [1.165, 1.54) is 0 Å². The molecule has 1 heterocycles. The van der Waals surface area contributed by atoms with Gasteiger partial charge in [0, 0.05) is 26.2 Å². The molecule has 0 radical (unpaired) electrons. The van der Waals surface area contributed by atoms with Crippen LogP contribution < -0.4 is 10.6 Å². The zero-order chi connectivity index (χ0) is 10.4. The molecule has 0 saturated carbocycles. The summed E-state index contributed by atoms with van der Waals surface area (Å²) in [6.07, 6.45) is 3.89. The summed E-state index contributed by atoms with van der Waals surface area (Å²) in [5.74, 6) is 0.0129. The van der Waals surface area contributed by atoms with Gasteiger partial charge in [0.25, 0.3) is 0 Å². The van der Waals surface area contributed by atoms with E-state index in [0.29, 0.717) is 13.0 Å². The molecule has 78 valence electrons. The van der Waals surface area contributed by atoms with Crippen LogP contribution in [0, 0.1) is 0 Å². The Kier molecular flexibility index (Phi) is 4.12. The molecule has 0 aliphatic heterocycles. The van der Waals surface area contributed by atoms with Crippen LogP contribution in [0.3, 0.4) is 0 Å². The normalized spacial score (nSPS) is 10.1. The average Bonchev–Trinajstić information content (AvgIpc) is 2.52. The SMILES string of the molecule is CCNCCC(=O)Nc1cnn(C)c1. The summed E-state index contributed by atoms with van der Waals surface area (Å²) in [7, 11) is 1.81. The predicted molar refractivity (Wildman–Crippen MR) is 55.0 cm³/mol. The van der Waals surface area contributed by atoms with Crippen molar-refractivity contribution in [3.63, 3.8) is 0 Å². The molecule has 2 N–H and O–H groups in total. The van der Waals surface area contributed by atoms with Crippen LogP contribution in [0.25, 0.3) is 0 Å². The minimum Gasteiger partial charge on any atom is -0.323 e. The molecule has 5 nitrogen and oxygen atoms in total. The maximum absolute atomic E-state index is 11.3. The summed E-state index contributed by atoms with van der Waals surface area (Å²) in [6, 6.07) is 0. The zero-order valence-electron chi connectivity index (χ0n) is 8.58. The summed E-state index contributed by atoms with van der Waals surface area (Å²) in [6.45, 7) is 3.61. The van der Waals surface area contributed by atoms with Gasteiger partial charge in [-0.1, -0.05) is 6.92 Å². The first kappa shape index (κ1) is 10.7. The van der Waals surface area contributed by atoms with Gasteiger partial charge in [-0.2, -0.15) is 5.10 Å². The van der Waals surface area contributed by atoms with Gasteiger partial charge in [-0.05, 0) is 6.54 Å². The number of nitrogens with one attached hydrogen (secondary N) is 2. The predicted octanol–water partition coefficient (Wildman–Crippen LogP) is 0.358. The summed E-state index contributed by atoms with van der Waals surface area (Å²) in [5, 5.41) is 9.80. The van der Waals surface area contributed by atoms with Gasteiger partial charge in [0.2, 0.25) is 5.91 Å². The second-order valence-electron chi connectivity index (χ2n) is 3.05. The summed E-state index contributed by atoms with van der Waals surface area (Å²) >= 11 is 0. The van der Waals surface area contributed by atoms with Crippen molar-refractivity contribution in [2.24, 2.45) is 7.05 Å². The highest BCUT2D eigenvalue weighted by atomic mass is 16.1. The Labute approximate surface area is 83.5 Å². The second-order valence-corrected chi connectivity index (χ2v) is 3.05. The van der Waals surface area contributed by atoms with Gasteiger partial charge >= 0.3 is 0 Å². The number of carbonyl (C=O) groups is 1. The van der Waals surface area contributed by atoms with Crippen LogP contribution in [0.2, 0.25) is 0 Å². The van der Waals surface area contributed by atoms with Gasteiger partial charge in [0.15, 0.2) is 0 Å². The maximum atomic E-state index is 11.3. The molecule has 1 aromatic heterocycles. The van der Waals surface area contributed by atoms with E-state index in [1.807, 2.05) is 14.0 Å². The maximum Gasteiger partial charge on any atom is 0.225 e. The fraction of sp³-hybridized carbons (Fsp3) is 0.556. The lowest BCUT2D eigenvalue weighted by molar-refractivity contribution is -0.116. The number of aryl methyl sites for hydroxylation is 1. The summed E-state index contributed by atoms with van der Waals surface area (Å²) in [5.41, 5.74) is 0.744. The van der Waals surface area contributed by atoms with Crippen LogP contribution in [-0.2, 0) is 11.8 Å². The van der Waals surface area contributed by atoms with Crippen LogP contribution in [0.1, 0.15) is 13.3 Å². The standard InChI is InChI=1S/C9H16N4O/c1-3-10-5-4-9(14)12-8-6-11-13(2)7-8/h6-7,10H,3-5H2,1-2H3,(H,12,14). The van der Waals surface area contributed by atoms with E-state index in [4.69, 9.17) is 0 Å². The lowest BCUT2D eigenvalue weighted by Gasteiger charge is -2.02. The van der Waals surface area contributed by atoms with E-state index in [2.05, 4.69) is 15.7 Å². The number of amides is 1. The molecule has 0 fully saturated rings. The smallest absolute Gasteiger partial charge is 0.225 e. The largest absolute Gasteiger partial charge is 0.323 e. The van der Waals surface area contributed by atoms with Crippen LogP contribution >= 0.6 is 0 Å². The summed E-state index contributed by atoms with van der Waals surface area (Å²) in [4.78, 5) is 11.3. The summed E-state index contributed by atoms with van der Waals surface area (Å²) < 4.78 is 1.65. The average molecular weight is 196 g/mol. The van der Waals surface area contributed by atoms with E-state index < -0.39 is 0 Å². The Morgan fingerprint density at radius 3 is 3.00 bits per heavy atom. The van der Waals surface area contributed by atoms with E-state index in [1.54, 1.807) is 17.1 Å². The Morgan fingerprint density at radius 2 is 2.43 bits per heavy atom. The minimum absolute atomic E-state index is 0.0129. The number of nitrogens with zero attached hydrogens (tertiary/aromatic N) is 2. The van der Waals surface area contributed by atoms with Crippen LogP contribution in [0.15, 0.2) is 12.4 Å². The molecule has 1 aromatic rings. The number of aromatic nitrogens is 2. The number of rotatable bonds is 5. The third-order valence-electron chi connectivity index (χ3n) is 1.77. The molecule has 0 unspecified atom stereocenters. The topological polar surface area (TPSA) is 59.0 Å². The molecule has 0 aromatic carbocycles. The fourth-order valence-electron chi connectivity index (χ4n) is 1.09. The molecule has 5 heteroatoms. The van der Waals surface area contributed by atoms with Gasteiger partial charge < -0.3 is 10.6 Å². The van der Waals surface area contributed by atoms with Gasteiger partial charge in [-0.15, -0.1) is 0 Å². The lowest BCUT2D eigenvalue weighted by atomic mass is 10.4. The van der Waals surface area contributed by atoms with Gasteiger partial charge in [-0.25, -0.2) is 0 Å². The molecular weight excluding hydrogens is 180 g/mol.